The monoisotopic (exact) mass is 286 g/mol. The van der Waals surface area contributed by atoms with E-state index in [0.29, 0.717) is 23.5 Å². The van der Waals surface area contributed by atoms with Gasteiger partial charge in [-0.25, -0.2) is 0 Å². The zero-order valence-corrected chi connectivity index (χ0v) is 12.8. The third-order valence-corrected chi connectivity index (χ3v) is 6.68. The molecular formula is C19H26O2. The van der Waals surface area contributed by atoms with E-state index in [2.05, 4.69) is 13.0 Å². The van der Waals surface area contributed by atoms with Gasteiger partial charge < -0.3 is 10.2 Å². The first-order chi connectivity index (χ1) is 10.2. The number of aliphatic hydroxyl groups excluding tert-OH is 1. The normalized spacial score (nSPS) is 41.2. The van der Waals surface area contributed by atoms with Crippen LogP contribution in [0, 0.1) is 17.8 Å². The van der Waals surface area contributed by atoms with E-state index in [1.165, 1.54) is 36.8 Å². The van der Waals surface area contributed by atoms with Crippen LogP contribution in [0.1, 0.15) is 68.4 Å². The van der Waals surface area contributed by atoms with E-state index in [1.54, 1.807) is 0 Å². The van der Waals surface area contributed by atoms with Gasteiger partial charge in [0.1, 0.15) is 5.75 Å². The van der Waals surface area contributed by atoms with Crippen molar-refractivity contribution < 1.29 is 10.2 Å². The zero-order chi connectivity index (χ0) is 14.6. The molecule has 6 atom stereocenters. The van der Waals surface area contributed by atoms with Crippen LogP contribution in [0.5, 0.6) is 5.75 Å². The van der Waals surface area contributed by atoms with Crippen molar-refractivity contribution >= 4 is 0 Å². The van der Waals surface area contributed by atoms with E-state index in [4.69, 9.17) is 0 Å². The Morgan fingerprint density at radius 1 is 1.00 bits per heavy atom. The van der Waals surface area contributed by atoms with Crippen molar-refractivity contribution in [3.8, 4) is 5.75 Å². The molecular weight excluding hydrogens is 260 g/mol. The van der Waals surface area contributed by atoms with Crippen molar-refractivity contribution in [3.05, 3.63) is 29.3 Å². The van der Waals surface area contributed by atoms with Gasteiger partial charge in [0.05, 0.1) is 6.10 Å². The molecule has 2 heteroatoms. The molecule has 0 heterocycles. The van der Waals surface area contributed by atoms with E-state index < -0.39 is 0 Å². The summed E-state index contributed by atoms with van der Waals surface area (Å²) in [6.45, 7) is 2.27. The second-order valence-electron chi connectivity index (χ2n) is 7.47. The summed E-state index contributed by atoms with van der Waals surface area (Å²) in [7, 11) is 0. The fourth-order valence-electron chi connectivity index (χ4n) is 5.72. The topological polar surface area (TPSA) is 40.5 Å². The first-order valence-corrected chi connectivity index (χ1v) is 8.70. The second kappa shape index (κ2) is 5.01. The molecule has 114 valence electrons. The highest BCUT2D eigenvalue weighted by Crippen LogP contribution is 2.57. The van der Waals surface area contributed by atoms with Gasteiger partial charge in [0.2, 0.25) is 0 Å². The van der Waals surface area contributed by atoms with Crippen molar-refractivity contribution in [3.63, 3.8) is 0 Å². The number of aromatic hydroxyl groups is 1. The molecule has 3 aliphatic carbocycles. The smallest absolute Gasteiger partial charge is 0.115 e. The van der Waals surface area contributed by atoms with Crippen LogP contribution in [0.25, 0.3) is 0 Å². The van der Waals surface area contributed by atoms with Crippen LogP contribution in [0.2, 0.25) is 0 Å². The van der Waals surface area contributed by atoms with Crippen LogP contribution in [0.3, 0.4) is 0 Å². The molecule has 0 bridgehead atoms. The van der Waals surface area contributed by atoms with Gasteiger partial charge in [0.25, 0.3) is 0 Å². The highest BCUT2D eigenvalue weighted by Gasteiger charge is 2.48. The number of fused-ring (bicyclic) bond motifs is 5. The molecule has 0 amide bonds. The van der Waals surface area contributed by atoms with Gasteiger partial charge in [-0.05, 0) is 91.4 Å². The van der Waals surface area contributed by atoms with E-state index in [-0.39, 0.29) is 6.10 Å². The zero-order valence-electron chi connectivity index (χ0n) is 12.8. The molecule has 2 N–H and O–H groups in total. The molecule has 21 heavy (non-hydrogen) atoms. The average molecular weight is 286 g/mol. The number of phenols is 1. The number of benzene rings is 1. The maximum Gasteiger partial charge on any atom is 0.115 e. The standard InChI is InChI=1S/C19H26O2/c1-2-11-9-18-14(13-4-3-12(20)10-17(11)13)5-6-16-15(18)7-8-19(16)21/h3-4,10-11,14-16,18-21H,2,5-9H2,1H3/t11-,14-,15-,16?,18-,19+/m1/s1. The predicted molar refractivity (Wildman–Crippen MR) is 83.4 cm³/mol. The molecule has 0 aliphatic heterocycles. The first-order valence-electron chi connectivity index (χ1n) is 8.70. The number of rotatable bonds is 1. The maximum absolute atomic E-state index is 10.2. The molecule has 1 unspecified atom stereocenters. The Kier molecular flexibility index (Phi) is 3.25. The van der Waals surface area contributed by atoms with E-state index in [0.717, 1.165) is 24.7 Å². The number of aliphatic hydroxyl groups is 1. The van der Waals surface area contributed by atoms with Crippen molar-refractivity contribution in [1.82, 2.24) is 0 Å². The van der Waals surface area contributed by atoms with Crippen LogP contribution in [0.15, 0.2) is 18.2 Å². The van der Waals surface area contributed by atoms with Gasteiger partial charge in [0, 0.05) is 0 Å². The van der Waals surface area contributed by atoms with E-state index in [1.807, 2.05) is 12.1 Å². The Morgan fingerprint density at radius 2 is 1.81 bits per heavy atom. The summed E-state index contributed by atoms with van der Waals surface area (Å²) in [5.74, 6) is 3.70. The molecule has 1 aromatic rings. The number of hydrogen-bond donors (Lipinski definition) is 2. The molecule has 4 rings (SSSR count). The summed E-state index contributed by atoms with van der Waals surface area (Å²) >= 11 is 0. The molecule has 0 spiro atoms. The summed E-state index contributed by atoms with van der Waals surface area (Å²) < 4.78 is 0. The molecule has 2 fully saturated rings. The summed E-state index contributed by atoms with van der Waals surface area (Å²) in [5.41, 5.74) is 2.89. The highest BCUT2D eigenvalue weighted by molar-refractivity contribution is 5.42. The van der Waals surface area contributed by atoms with Crippen LogP contribution in [-0.4, -0.2) is 16.3 Å². The van der Waals surface area contributed by atoms with Crippen molar-refractivity contribution in [2.45, 2.75) is 63.4 Å². The van der Waals surface area contributed by atoms with Crippen LogP contribution >= 0.6 is 0 Å². The quantitative estimate of drug-likeness (QED) is 0.813. The Balaban J connectivity index is 1.73. The summed E-state index contributed by atoms with van der Waals surface area (Å²) in [6, 6.07) is 6.05. The Hall–Kier alpha value is -1.02. The fourth-order valence-corrected chi connectivity index (χ4v) is 5.72. The first kappa shape index (κ1) is 13.6. The van der Waals surface area contributed by atoms with Crippen molar-refractivity contribution in [1.29, 1.82) is 0 Å². The molecule has 0 aromatic heterocycles. The minimum Gasteiger partial charge on any atom is -0.508 e. The molecule has 0 saturated heterocycles. The third-order valence-electron chi connectivity index (χ3n) is 6.68. The molecule has 3 aliphatic rings. The van der Waals surface area contributed by atoms with Crippen molar-refractivity contribution in [2.75, 3.05) is 0 Å². The average Bonchev–Trinajstić information content (AvgIpc) is 2.87. The lowest BCUT2D eigenvalue weighted by atomic mass is 9.58. The fraction of sp³-hybridized carbons (Fsp3) is 0.684. The van der Waals surface area contributed by atoms with Gasteiger partial charge in [-0.2, -0.15) is 0 Å². The minimum atomic E-state index is -0.0442. The maximum atomic E-state index is 10.2. The number of phenolic OH excluding ortho intramolecular Hbond substituents is 1. The van der Waals surface area contributed by atoms with E-state index >= 15 is 0 Å². The minimum absolute atomic E-state index is 0.0442. The largest absolute Gasteiger partial charge is 0.508 e. The SMILES string of the molecule is CC[C@@H]1C[C@@H]2[C@H](CCC3[C@H]2CC[C@@H]3O)c2ccc(O)cc21. The molecule has 0 radical (unpaired) electrons. The summed E-state index contributed by atoms with van der Waals surface area (Å²) in [6.07, 6.45) is 7.00. The molecule has 2 saturated carbocycles. The highest BCUT2D eigenvalue weighted by atomic mass is 16.3. The lowest BCUT2D eigenvalue weighted by molar-refractivity contribution is 0.0527. The Bertz CT molecular complexity index is 538. The second-order valence-corrected chi connectivity index (χ2v) is 7.47. The summed E-state index contributed by atoms with van der Waals surface area (Å²) in [4.78, 5) is 0. The Labute approximate surface area is 127 Å². The third kappa shape index (κ3) is 2.03. The summed E-state index contributed by atoms with van der Waals surface area (Å²) in [5, 5.41) is 20.1. The van der Waals surface area contributed by atoms with Crippen LogP contribution < -0.4 is 0 Å². The van der Waals surface area contributed by atoms with Gasteiger partial charge in [-0.3, -0.25) is 0 Å². The number of hydrogen-bond acceptors (Lipinski definition) is 2. The molecule has 1 aromatic carbocycles. The lowest BCUT2D eigenvalue weighted by Gasteiger charge is -2.47. The van der Waals surface area contributed by atoms with Crippen LogP contribution in [0.4, 0.5) is 0 Å². The lowest BCUT2D eigenvalue weighted by Crippen LogP contribution is -2.37. The Morgan fingerprint density at radius 3 is 2.62 bits per heavy atom. The van der Waals surface area contributed by atoms with Gasteiger partial charge in [-0.1, -0.05) is 13.0 Å². The van der Waals surface area contributed by atoms with E-state index in [9.17, 15) is 10.2 Å². The molecule has 2 nitrogen and oxygen atoms in total. The van der Waals surface area contributed by atoms with Gasteiger partial charge >= 0.3 is 0 Å². The van der Waals surface area contributed by atoms with Crippen LogP contribution in [-0.2, 0) is 0 Å². The van der Waals surface area contributed by atoms with Gasteiger partial charge in [-0.15, -0.1) is 0 Å². The van der Waals surface area contributed by atoms with Gasteiger partial charge in [0.15, 0.2) is 0 Å². The predicted octanol–water partition coefficient (Wildman–Crippen LogP) is 4.17. The van der Waals surface area contributed by atoms with Crippen molar-refractivity contribution in [2.24, 2.45) is 17.8 Å².